The van der Waals surface area contributed by atoms with Crippen molar-refractivity contribution in [2.45, 2.75) is 38.3 Å². The highest BCUT2D eigenvalue weighted by atomic mass is 16.5. The third kappa shape index (κ3) is 1.64. The van der Waals surface area contributed by atoms with Gasteiger partial charge in [0.15, 0.2) is 5.82 Å². The lowest BCUT2D eigenvalue weighted by atomic mass is 9.77. The topological polar surface area (TPSA) is 82.8 Å². The average Bonchev–Trinajstić information content (AvgIpc) is 2.94. The molecule has 6 nitrogen and oxygen atoms in total. The summed E-state index contributed by atoms with van der Waals surface area (Å²) in [4.78, 5) is 4.37. The standard InChI is InChI=1S/C11H15N5O/c1-2-16-7-8(6-13-16)9-14-10(15-17-9)11(12)4-3-5-11/h6-7H,2-5,12H2,1H3. The molecule has 1 fully saturated rings. The number of aryl methyl sites for hydroxylation is 1. The highest BCUT2D eigenvalue weighted by molar-refractivity contribution is 5.49. The van der Waals surface area contributed by atoms with Crippen molar-refractivity contribution in [3.63, 3.8) is 0 Å². The quantitative estimate of drug-likeness (QED) is 0.863. The van der Waals surface area contributed by atoms with Gasteiger partial charge in [0.1, 0.15) is 0 Å². The molecule has 0 amide bonds. The number of nitrogens with two attached hydrogens (primary N) is 1. The van der Waals surface area contributed by atoms with Crippen LogP contribution in [0.5, 0.6) is 0 Å². The number of aromatic nitrogens is 4. The summed E-state index contributed by atoms with van der Waals surface area (Å²) in [7, 11) is 0. The van der Waals surface area contributed by atoms with Crippen LogP contribution in [-0.2, 0) is 12.1 Å². The Labute approximate surface area is 98.8 Å². The molecule has 2 aromatic heterocycles. The average molecular weight is 233 g/mol. The highest BCUT2D eigenvalue weighted by Gasteiger charge is 2.39. The fourth-order valence-electron chi connectivity index (χ4n) is 1.97. The SMILES string of the molecule is CCn1cc(-c2nc(C3(N)CCC3)no2)cn1. The molecule has 0 saturated heterocycles. The second-order valence-electron chi connectivity index (χ2n) is 4.52. The van der Waals surface area contributed by atoms with Gasteiger partial charge in [-0.1, -0.05) is 5.16 Å². The van der Waals surface area contributed by atoms with Crippen LogP contribution in [0, 0.1) is 0 Å². The number of hydrogen-bond donors (Lipinski definition) is 1. The van der Waals surface area contributed by atoms with E-state index in [4.69, 9.17) is 10.3 Å². The largest absolute Gasteiger partial charge is 0.334 e. The molecule has 1 saturated carbocycles. The van der Waals surface area contributed by atoms with Crippen LogP contribution in [0.3, 0.4) is 0 Å². The Balaban J connectivity index is 1.89. The maximum atomic E-state index is 6.14. The fraction of sp³-hybridized carbons (Fsp3) is 0.545. The summed E-state index contributed by atoms with van der Waals surface area (Å²) in [6, 6.07) is 0. The van der Waals surface area contributed by atoms with E-state index in [1.54, 1.807) is 6.20 Å². The highest BCUT2D eigenvalue weighted by Crippen LogP contribution is 2.37. The number of hydrogen-bond acceptors (Lipinski definition) is 5. The van der Waals surface area contributed by atoms with E-state index >= 15 is 0 Å². The Bertz CT molecular complexity index is 525. The van der Waals surface area contributed by atoms with Gasteiger partial charge in [-0.3, -0.25) is 4.68 Å². The summed E-state index contributed by atoms with van der Waals surface area (Å²) in [6.07, 6.45) is 6.61. The van der Waals surface area contributed by atoms with Crippen molar-refractivity contribution in [2.24, 2.45) is 5.73 Å². The predicted molar refractivity (Wildman–Crippen MR) is 60.9 cm³/mol. The normalized spacial score (nSPS) is 18.0. The van der Waals surface area contributed by atoms with Gasteiger partial charge in [0.25, 0.3) is 5.89 Å². The van der Waals surface area contributed by atoms with Gasteiger partial charge in [0, 0.05) is 12.7 Å². The van der Waals surface area contributed by atoms with Crippen molar-refractivity contribution in [3.05, 3.63) is 18.2 Å². The molecule has 2 N–H and O–H groups in total. The molecule has 0 spiro atoms. The maximum Gasteiger partial charge on any atom is 0.261 e. The summed E-state index contributed by atoms with van der Waals surface area (Å²) in [6.45, 7) is 2.85. The van der Waals surface area contributed by atoms with Crippen molar-refractivity contribution in [1.82, 2.24) is 19.9 Å². The van der Waals surface area contributed by atoms with Crippen LogP contribution in [0.2, 0.25) is 0 Å². The van der Waals surface area contributed by atoms with Gasteiger partial charge in [-0.2, -0.15) is 10.1 Å². The summed E-state index contributed by atoms with van der Waals surface area (Å²) < 4.78 is 7.06. The minimum atomic E-state index is -0.373. The van der Waals surface area contributed by atoms with Gasteiger partial charge in [-0.25, -0.2) is 0 Å². The number of nitrogens with zero attached hydrogens (tertiary/aromatic N) is 4. The van der Waals surface area contributed by atoms with Gasteiger partial charge in [-0.05, 0) is 26.2 Å². The van der Waals surface area contributed by atoms with Gasteiger partial charge in [-0.15, -0.1) is 0 Å². The zero-order chi connectivity index (χ0) is 11.9. The molecule has 2 aromatic rings. The lowest BCUT2D eigenvalue weighted by Crippen LogP contribution is -2.44. The van der Waals surface area contributed by atoms with Crippen LogP contribution in [0.4, 0.5) is 0 Å². The van der Waals surface area contributed by atoms with E-state index in [0.29, 0.717) is 11.7 Å². The van der Waals surface area contributed by atoms with Crippen molar-refractivity contribution in [2.75, 3.05) is 0 Å². The molecule has 0 aromatic carbocycles. The van der Waals surface area contributed by atoms with Crippen molar-refractivity contribution in [3.8, 4) is 11.5 Å². The molecule has 0 bridgehead atoms. The van der Waals surface area contributed by atoms with Gasteiger partial charge < -0.3 is 10.3 Å². The fourth-order valence-corrected chi connectivity index (χ4v) is 1.97. The minimum Gasteiger partial charge on any atom is -0.334 e. The first-order valence-corrected chi connectivity index (χ1v) is 5.87. The molecule has 90 valence electrons. The molecular formula is C11H15N5O. The third-order valence-corrected chi connectivity index (χ3v) is 3.32. The van der Waals surface area contributed by atoms with Crippen molar-refractivity contribution < 1.29 is 4.52 Å². The Kier molecular flexibility index (Phi) is 2.25. The van der Waals surface area contributed by atoms with Crippen LogP contribution in [0.1, 0.15) is 32.0 Å². The smallest absolute Gasteiger partial charge is 0.261 e. The van der Waals surface area contributed by atoms with Crippen LogP contribution < -0.4 is 5.73 Å². The zero-order valence-corrected chi connectivity index (χ0v) is 9.76. The van der Waals surface area contributed by atoms with Crippen molar-refractivity contribution in [1.29, 1.82) is 0 Å². The second-order valence-corrected chi connectivity index (χ2v) is 4.52. The second kappa shape index (κ2) is 3.66. The van der Waals surface area contributed by atoms with Crippen molar-refractivity contribution >= 4 is 0 Å². The predicted octanol–water partition coefficient (Wildman–Crippen LogP) is 1.29. The van der Waals surface area contributed by atoms with Gasteiger partial charge in [0.05, 0.1) is 17.3 Å². The maximum absolute atomic E-state index is 6.14. The number of rotatable bonds is 3. The Morgan fingerprint density at radius 2 is 2.35 bits per heavy atom. The molecule has 0 atom stereocenters. The summed E-state index contributed by atoms with van der Waals surface area (Å²) in [5, 5.41) is 8.15. The molecule has 17 heavy (non-hydrogen) atoms. The first-order chi connectivity index (χ1) is 8.21. The summed E-state index contributed by atoms with van der Waals surface area (Å²) in [5.41, 5.74) is 6.61. The molecule has 3 rings (SSSR count). The summed E-state index contributed by atoms with van der Waals surface area (Å²) >= 11 is 0. The lowest BCUT2D eigenvalue weighted by molar-refractivity contribution is 0.229. The molecule has 1 aliphatic carbocycles. The summed E-state index contributed by atoms with van der Waals surface area (Å²) in [5.74, 6) is 1.11. The third-order valence-electron chi connectivity index (χ3n) is 3.32. The van der Waals surface area contributed by atoms with Crippen LogP contribution in [0.15, 0.2) is 16.9 Å². The molecule has 0 radical (unpaired) electrons. The molecule has 0 aliphatic heterocycles. The van der Waals surface area contributed by atoms with Gasteiger partial charge in [0.2, 0.25) is 0 Å². The Morgan fingerprint density at radius 3 is 2.94 bits per heavy atom. The van der Waals surface area contributed by atoms with Crippen LogP contribution in [-0.4, -0.2) is 19.9 Å². The Morgan fingerprint density at radius 1 is 1.53 bits per heavy atom. The molecule has 6 heteroatoms. The van der Waals surface area contributed by atoms with Crippen LogP contribution >= 0.6 is 0 Å². The van der Waals surface area contributed by atoms with E-state index in [9.17, 15) is 0 Å². The minimum absolute atomic E-state index is 0.373. The first kappa shape index (κ1) is 10.5. The van der Waals surface area contributed by atoms with E-state index in [1.807, 2.05) is 17.8 Å². The molecule has 2 heterocycles. The first-order valence-electron chi connectivity index (χ1n) is 5.87. The monoisotopic (exact) mass is 233 g/mol. The lowest BCUT2D eigenvalue weighted by Gasteiger charge is -2.34. The molecule has 0 unspecified atom stereocenters. The van der Waals surface area contributed by atoms with E-state index in [-0.39, 0.29) is 5.54 Å². The van der Waals surface area contributed by atoms with E-state index in [1.165, 1.54) is 0 Å². The Hall–Kier alpha value is -1.69. The molecular weight excluding hydrogens is 218 g/mol. The zero-order valence-electron chi connectivity index (χ0n) is 9.76. The van der Waals surface area contributed by atoms with E-state index in [2.05, 4.69) is 15.2 Å². The van der Waals surface area contributed by atoms with Crippen LogP contribution in [0.25, 0.3) is 11.5 Å². The van der Waals surface area contributed by atoms with E-state index < -0.39 is 0 Å². The van der Waals surface area contributed by atoms with Gasteiger partial charge >= 0.3 is 0 Å². The molecule has 1 aliphatic rings. The van der Waals surface area contributed by atoms with E-state index in [0.717, 1.165) is 31.4 Å².